The Kier molecular flexibility index (Phi) is 5.66. The maximum Gasteiger partial charge on any atom is 0.328 e. The summed E-state index contributed by atoms with van der Waals surface area (Å²) >= 11 is 1.65. The predicted octanol–water partition coefficient (Wildman–Crippen LogP) is 1.20. The summed E-state index contributed by atoms with van der Waals surface area (Å²) in [5.41, 5.74) is 0. The Hall–Kier alpha value is -0.710. The quantitative estimate of drug-likeness (QED) is 0.714. The van der Waals surface area contributed by atoms with Gasteiger partial charge < -0.3 is 10.1 Å². The van der Waals surface area contributed by atoms with E-state index in [4.69, 9.17) is 0 Å². The highest BCUT2D eigenvalue weighted by Crippen LogP contribution is 2.26. The van der Waals surface area contributed by atoms with Crippen molar-refractivity contribution in [2.75, 3.05) is 19.1 Å². The molecule has 1 amide bonds. The fourth-order valence-electron chi connectivity index (χ4n) is 1.59. The second kappa shape index (κ2) is 6.78. The number of methoxy groups -OCH3 is 1. The van der Waals surface area contributed by atoms with E-state index in [1.165, 1.54) is 7.11 Å². The van der Waals surface area contributed by atoms with E-state index in [-0.39, 0.29) is 17.8 Å². The predicted molar refractivity (Wildman–Crippen MR) is 64.3 cm³/mol. The molecule has 0 aliphatic heterocycles. The number of hydrogen-bond acceptors (Lipinski definition) is 4. The second-order valence-electron chi connectivity index (χ2n) is 3.99. The monoisotopic (exact) mass is 245 g/mol. The first kappa shape index (κ1) is 13.4. The van der Waals surface area contributed by atoms with Gasteiger partial charge >= 0.3 is 5.97 Å². The van der Waals surface area contributed by atoms with E-state index in [1.807, 2.05) is 6.26 Å². The smallest absolute Gasteiger partial charge is 0.328 e. The SMILES string of the molecule is COC(=O)[C@H](CCSC)NC(=O)C1CCC1. The van der Waals surface area contributed by atoms with Crippen LogP contribution in [0.4, 0.5) is 0 Å². The van der Waals surface area contributed by atoms with E-state index >= 15 is 0 Å². The Balaban J connectivity index is 2.41. The van der Waals surface area contributed by atoms with Crippen LogP contribution in [-0.2, 0) is 14.3 Å². The molecule has 1 aliphatic rings. The van der Waals surface area contributed by atoms with Crippen molar-refractivity contribution in [1.29, 1.82) is 0 Å². The van der Waals surface area contributed by atoms with E-state index in [9.17, 15) is 9.59 Å². The van der Waals surface area contributed by atoms with Gasteiger partial charge in [-0.1, -0.05) is 6.42 Å². The molecule has 92 valence electrons. The molecule has 1 N–H and O–H groups in total. The normalized spacial score (nSPS) is 17.4. The highest BCUT2D eigenvalue weighted by atomic mass is 32.2. The van der Waals surface area contributed by atoms with Crippen LogP contribution in [-0.4, -0.2) is 37.0 Å². The van der Waals surface area contributed by atoms with Crippen molar-refractivity contribution >= 4 is 23.6 Å². The molecule has 5 heteroatoms. The summed E-state index contributed by atoms with van der Waals surface area (Å²) in [6.07, 6.45) is 5.62. The second-order valence-corrected chi connectivity index (χ2v) is 4.98. The fraction of sp³-hybridized carbons (Fsp3) is 0.818. The van der Waals surface area contributed by atoms with Crippen molar-refractivity contribution in [1.82, 2.24) is 5.32 Å². The van der Waals surface area contributed by atoms with E-state index < -0.39 is 6.04 Å². The number of hydrogen-bond donors (Lipinski definition) is 1. The summed E-state index contributed by atoms with van der Waals surface area (Å²) in [7, 11) is 1.35. The van der Waals surface area contributed by atoms with Gasteiger partial charge in [0.2, 0.25) is 5.91 Å². The van der Waals surface area contributed by atoms with Gasteiger partial charge in [-0.15, -0.1) is 0 Å². The number of ether oxygens (including phenoxy) is 1. The molecule has 0 aromatic carbocycles. The standard InChI is InChI=1S/C11H19NO3S/c1-15-11(14)9(6-7-16-2)12-10(13)8-4-3-5-8/h8-9H,3-7H2,1-2H3,(H,12,13)/t9-/m0/s1. The van der Waals surface area contributed by atoms with Crippen LogP contribution in [0.3, 0.4) is 0 Å². The Morgan fingerprint density at radius 3 is 2.62 bits per heavy atom. The van der Waals surface area contributed by atoms with Gasteiger partial charge in [0.15, 0.2) is 0 Å². The molecule has 1 rings (SSSR count). The lowest BCUT2D eigenvalue weighted by atomic mass is 9.84. The summed E-state index contributed by atoms with van der Waals surface area (Å²) in [4.78, 5) is 23.1. The minimum absolute atomic E-state index is 0.00255. The third-order valence-electron chi connectivity index (χ3n) is 2.89. The molecular weight excluding hydrogens is 226 g/mol. The zero-order chi connectivity index (χ0) is 12.0. The van der Waals surface area contributed by atoms with Crippen LogP contribution in [0.5, 0.6) is 0 Å². The molecule has 0 heterocycles. The van der Waals surface area contributed by atoms with Gasteiger partial charge in [-0.25, -0.2) is 4.79 Å². The summed E-state index contributed by atoms with van der Waals surface area (Å²) in [6, 6.07) is -0.481. The van der Waals surface area contributed by atoms with E-state index in [0.29, 0.717) is 6.42 Å². The van der Waals surface area contributed by atoms with Gasteiger partial charge in [0.1, 0.15) is 6.04 Å². The fourth-order valence-corrected chi connectivity index (χ4v) is 2.06. The lowest BCUT2D eigenvalue weighted by Crippen LogP contribution is -2.45. The van der Waals surface area contributed by atoms with Crippen LogP contribution in [0.1, 0.15) is 25.7 Å². The van der Waals surface area contributed by atoms with Crippen LogP contribution in [0.2, 0.25) is 0 Å². The lowest BCUT2D eigenvalue weighted by Gasteiger charge is -2.26. The topological polar surface area (TPSA) is 55.4 Å². The average molecular weight is 245 g/mol. The number of thioether (sulfide) groups is 1. The van der Waals surface area contributed by atoms with Gasteiger partial charge in [0.05, 0.1) is 7.11 Å². The summed E-state index contributed by atoms with van der Waals surface area (Å²) in [6.45, 7) is 0. The molecule has 1 aliphatic carbocycles. The van der Waals surface area contributed by atoms with E-state index in [2.05, 4.69) is 10.1 Å². The minimum atomic E-state index is -0.481. The van der Waals surface area contributed by atoms with Crippen LogP contribution >= 0.6 is 11.8 Å². The molecule has 1 saturated carbocycles. The third-order valence-corrected chi connectivity index (χ3v) is 3.53. The van der Waals surface area contributed by atoms with Gasteiger partial charge in [-0.3, -0.25) is 4.79 Å². The maximum absolute atomic E-state index is 11.7. The first-order chi connectivity index (χ1) is 7.69. The van der Waals surface area contributed by atoms with E-state index in [0.717, 1.165) is 25.0 Å². The van der Waals surface area contributed by atoms with Crippen LogP contribution in [0, 0.1) is 5.92 Å². The highest BCUT2D eigenvalue weighted by Gasteiger charge is 2.29. The molecule has 0 saturated heterocycles. The summed E-state index contributed by atoms with van der Waals surface area (Å²) < 4.78 is 4.68. The van der Waals surface area contributed by atoms with Crippen molar-refractivity contribution in [3.8, 4) is 0 Å². The molecule has 1 fully saturated rings. The molecule has 0 aromatic rings. The molecule has 0 spiro atoms. The number of carbonyl (C=O) groups excluding carboxylic acids is 2. The van der Waals surface area contributed by atoms with Gasteiger partial charge in [-0.2, -0.15) is 11.8 Å². The van der Waals surface area contributed by atoms with Crippen molar-refractivity contribution in [3.63, 3.8) is 0 Å². The minimum Gasteiger partial charge on any atom is -0.467 e. The molecule has 0 bridgehead atoms. The van der Waals surface area contributed by atoms with Crippen molar-refractivity contribution in [2.45, 2.75) is 31.7 Å². The molecule has 16 heavy (non-hydrogen) atoms. The summed E-state index contributed by atoms with van der Waals surface area (Å²) in [5, 5.41) is 2.78. The zero-order valence-corrected chi connectivity index (χ0v) is 10.6. The average Bonchev–Trinajstić information content (AvgIpc) is 2.20. The largest absolute Gasteiger partial charge is 0.467 e. The van der Waals surface area contributed by atoms with E-state index in [1.54, 1.807) is 11.8 Å². The molecule has 0 aromatic heterocycles. The van der Waals surface area contributed by atoms with Crippen LogP contribution in [0.25, 0.3) is 0 Å². The zero-order valence-electron chi connectivity index (χ0n) is 9.82. The van der Waals surface area contributed by atoms with Gasteiger partial charge in [-0.05, 0) is 31.3 Å². The van der Waals surface area contributed by atoms with Crippen molar-refractivity contribution < 1.29 is 14.3 Å². The molecule has 4 nitrogen and oxygen atoms in total. The Morgan fingerprint density at radius 1 is 1.50 bits per heavy atom. The number of nitrogens with one attached hydrogen (secondary N) is 1. The lowest BCUT2D eigenvalue weighted by molar-refractivity contribution is -0.146. The Morgan fingerprint density at radius 2 is 2.19 bits per heavy atom. The Bertz CT molecular complexity index is 254. The first-order valence-electron chi connectivity index (χ1n) is 5.56. The Labute approximate surface area is 100 Å². The van der Waals surface area contributed by atoms with Crippen LogP contribution < -0.4 is 5.32 Å². The van der Waals surface area contributed by atoms with Crippen molar-refractivity contribution in [2.24, 2.45) is 5.92 Å². The molecule has 0 unspecified atom stereocenters. The molecular formula is C11H19NO3S. The first-order valence-corrected chi connectivity index (χ1v) is 6.95. The van der Waals surface area contributed by atoms with Crippen molar-refractivity contribution in [3.05, 3.63) is 0 Å². The third kappa shape index (κ3) is 3.70. The number of rotatable bonds is 6. The molecule has 1 atom stereocenters. The number of esters is 1. The maximum atomic E-state index is 11.7. The number of carbonyl (C=O) groups is 2. The molecule has 0 radical (unpaired) electrons. The van der Waals surface area contributed by atoms with Gasteiger partial charge in [0, 0.05) is 5.92 Å². The highest BCUT2D eigenvalue weighted by molar-refractivity contribution is 7.98. The number of amides is 1. The van der Waals surface area contributed by atoms with Crippen LogP contribution in [0.15, 0.2) is 0 Å². The summed E-state index contributed by atoms with van der Waals surface area (Å²) in [5.74, 6) is 0.607. The van der Waals surface area contributed by atoms with Gasteiger partial charge in [0.25, 0.3) is 0 Å².